The first-order valence-electron chi connectivity index (χ1n) is 9.65. The van der Waals surface area contributed by atoms with Crippen LogP contribution in [0.1, 0.15) is 33.1 Å². The third kappa shape index (κ3) is 8.26. The Morgan fingerprint density at radius 3 is 2.70 bits per heavy atom. The number of amides is 1. The van der Waals surface area contributed by atoms with Crippen LogP contribution in [-0.2, 0) is 9.53 Å². The molecule has 1 N–H and O–H groups in total. The number of nitrogens with zero attached hydrogens (tertiary/aromatic N) is 1. The van der Waals surface area contributed by atoms with Crippen LogP contribution in [-0.4, -0.2) is 56.3 Å². The zero-order valence-corrected chi connectivity index (χ0v) is 17.7. The predicted molar refractivity (Wildman–Crippen MR) is 110 cm³/mol. The van der Waals surface area contributed by atoms with Gasteiger partial charge in [0.05, 0.1) is 11.1 Å². The second-order valence-electron chi connectivity index (χ2n) is 7.10. The van der Waals surface area contributed by atoms with E-state index in [1.807, 2.05) is 13.8 Å². The number of benzene rings is 1. The number of carbonyl (C=O) groups is 1. The summed E-state index contributed by atoms with van der Waals surface area (Å²) in [5.74, 6) is 0.886. The van der Waals surface area contributed by atoms with Crippen molar-refractivity contribution in [3.8, 4) is 5.75 Å². The lowest BCUT2D eigenvalue weighted by molar-refractivity contribution is -0.126. The summed E-state index contributed by atoms with van der Waals surface area (Å²) in [6.45, 7) is 8.56. The van der Waals surface area contributed by atoms with Gasteiger partial charge in [-0.2, -0.15) is 0 Å². The normalized spacial score (nSPS) is 15.9. The number of hydrogen-bond donors (Lipinski definition) is 1. The molecule has 0 aromatic heterocycles. The molecule has 2 rings (SSSR count). The minimum Gasteiger partial charge on any atom is -0.491 e. The summed E-state index contributed by atoms with van der Waals surface area (Å²) in [6.07, 6.45) is 2.86. The molecule has 0 aliphatic carbocycles. The molecule has 1 aliphatic heterocycles. The van der Waals surface area contributed by atoms with Crippen LogP contribution in [0.15, 0.2) is 18.2 Å². The maximum Gasteiger partial charge on any atom is 0.223 e. The lowest BCUT2D eigenvalue weighted by atomic mass is 9.96. The van der Waals surface area contributed by atoms with Crippen molar-refractivity contribution in [2.45, 2.75) is 39.2 Å². The second kappa shape index (κ2) is 11.7. The molecule has 1 aromatic carbocycles. The number of ether oxygens (including phenoxy) is 2. The third-order valence-electron chi connectivity index (χ3n) is 4.59. The summed E-state index contributed by atoms with van der Waals surface area (Å²) < 4.78 is 11.2. The Labute approximate surface area is 172 Å². The van der Waals surface area contributed by atoms with Crippen molar-refractivity contribution in [3.05, 3.63) is 28.2 Å². The molecule has 1 saturated heterocycles. The average molecular weight is 417 g/mol. The topological polar surface area (TPSA) is 50.8 Å². The number of rotatable bonds is 10. The van der Waals surface area contributed by atoms with Crippen LogP contribution in [0.3, 0.4) is 0 Å². The van der Waals surface area contributed by atoms with Gasteiger partial charge in [0, 0.05) is 36.7 Å². The van der Waals surface area contributed by atoms with E-state index in [2.05, 4.69) is 10.2 Å². The molecule has 7 heteroatoms. The predicted octanol–water partition coefficient (Wildman–Crippen LogP) is 4.02. The second-order valence-corrected chi connectivity index (χ2v) is 7.95. The van der Waals surface area contributed by atoms with E-state index in [1.165, 1.54) is 0 Å². The van der Waals surface area contributed by atoms with Crippen molar-refractivity contribution in [3.63, 3.8) is 0 Å². The van der Waals surface area contributed by atoms with Gasteiger partial charge in [-0.25, -0.2) is 0 Å². The van der Waals surface area contributed by atoms with Gasteiger partial charge >= 0.3 is 0 Å². The Bertz CT molecular complexity index is 591. The molecular formula is C20H30Cl2N2O3. The van der Waals surface area contributed by atoms with Gasteiger partial charge in [0.2, 0.25) is 5.91 Å². The van der Waals surface area contributed by atoms with Gasteiger partial charge in [-0.3, -0.25) is 9.69 Å². The number of halogens is 2. The standard InChI is InChI=1S/C20H30Cl2N2O3/c1-15(2)26-12-3-8-23-20(25)16-6-9-24(10-7-16)11-13-27-19-14-17(21)4-5-18(19)22/h4-5,14-16H,3,6-13H2,1-2H3,(H,23,25). The Morgan fingerprint density at radius 1 is 1.26 bits per heavy atom. The fourth-order valence-electron chi connectivity index (χ4n) is 3.04. The summed E-state index contributed by atoms with van der Waals surface area (Å²) in [6, 6.07) is 5.20. The molecule has 5 nitrogen and oxygen atoms in total. The van der Waals surface area contributed by atoms with E-state index in [9.17, 15) is 4.79 Å². The highest BCUT2D eigenvalue weighted by atomic mass is 35.5. The molecule has 1 fully saturated rings. The summed E-state index contributed by atoms with van der Waals surface area (Å²) >= 11 is 12.1. The molecule has 27 heavy (non-hydrogen) atoms. The van der Waals surface area contributed by atoms with Crippen LogP contribution in [0, 0.1) is 5.92 Å². The molecule has 1 heterocycles. The summed E-state index contributed by atoms with van der Waals surface area (Å²) in [4.78, 5) is 14.6. The van der Waals surface area contributed by atoms with Crippen LogP contribution < -0.4 is 10.1 Å². The van der Waals surface area contributed by atoms with Crippen LogP contribution in [0.2, 0.25) is 10.0 Å². The van der Waals surface area contributed by atoms with E-state index in [1.54, 1.807) is 18.2 Å². The van der Waals surface area contributed by atoms with Gasteiger partial charge in [0.25, 0.3) is 0 Å². The zero-order valence-electron chi connectivity index (χ0n) is 16.2. The fraction of sp³-hybridized carbons (Fsp3) is 0.650. The molecule has 0 radical (unpaired) electrons. The first kappa shape index (κ1) is 22.3. The van der Waals surface area contributed by atoms with Crippen LogP contribution in [0.5, 0.6) is 5.75 Å². The van der Waals surface area contributed by atoms with Crippen molar-refractivity contribution in [1.29, 1.82) is 0 Å². The van der Waals surface area contributed by atoms with E-state index in [4.69, 9.17) is 32.7 Å². The summed E-state index contributed by atoms with van der Waals surface area (Å²) in [7, 11) is 0. The molecule has 0 atom stereocenters. The first-order chi connectivity index (χ1) is 13.0. The van der Waals surface area contributed by atoms with Crippen LogP contribution in [0.4, 0.5) is 0 Å². The van der Waals surface area contributed by atoms with Gasteiger partial charge in [-0.1, -0.05) is 23.2 Å². The highest BCUT2D eigenvalue weighted by Crippen LogP contribution is 2.27. The molecule has 1 aliphatic rings. The Hall–Kier alpha value is -1.01. The summed E-state index contributed by atoms with van der Waals surface area (Å²) in [5.41, 5.74) is 0. The lowest BCUT2D eigenvalue weighted by Gasteiger charge is -2.31. The van der Waals surface area contributed by atoms with E-state index in [0.717, 1.165) is 38.9 Å². The molecule has 1 amide bonds. The van der Waals surface area contributed by atoms with Gasteiger partial charge < -0.3 is 14.8 Å². The number of hydrogen-bond acceptors (Lipinski definition) is 4. The number of nitrogens with one attached hydrogen (secondary N) is 1. The van der Waals surface area contributed by atoms with Gasteiger partial charge in [-0.15, -0.1) is 0 Å². The smallest absolute Gasteiger partial charge is 0.223 e. The molecule has 1 aromatic rings. The molecular weight excluding hydrogens is 387 g/mol. The number of piperidine rings is 1. The van der Waals surface area contributed by atoms with Crippen molar-refractivity contribution in [1.82, 2.24) is 10.2 Å². The largest absolute Gasteiger partial charge is 0.491 e. The van der Waals surface area contributed by atoms with Gasteiger partial charge in [-0.05, 0) is 58.3 Å². The monoisotopic (exact) mass is 416 g/mol. The number of likely N-dealkylation sites (tertiary alicyclic amines) is 1. The van der Waals surface area contributed by atoms with E-state index < -0.39 is 0 Å². The Morgan fingerprint density at radius 2 is 2.00 bits per heavy atom. The number of carbonyl (C=O) groups excluding carboxylic acids is 1. The van der Waals surface area contributed by atoms with Crippen LogP contribution in [0.25, 0.3) is 0 Å². The van der Waals surface area contributed by atoms with Crippen molar-refractivity contribution >= 4 is 29.1 Å². The summed E-state index contributed by atoms with van der Waals surface area (Å²) in [5, 5.41) is 4.20. The quantitative estimate of drug-likeness (QED) is 0.585. The van der Waals surface area contributed by atoms with E-state index >= 15 is 0 Å². The molecule has 0 spiro atoms. The minimum atomic E-state index is 0.107. The SMILES string of the molecule is CC(C)OCCCNC(=O)C1CCN(CCOc2cc(Cl)ccc2Cl)CC1. The third-order valence-corrected chi connectivity index (χ3v) is 5.14. The van der Waals surface area contributed by atoms with E-state index in [0.29, 0.717) is 35.6 Å². The Balaban J connectivity index is 1.59. The Kier molecular flexibility index (Phi) is 9.69. The molecule has 0 unspecified atom stereocenters. The van der Waals surface area contributed by atoms with Gasteiger partial charge in [0.1, 0.15) is 12.4 Å². The highest BCUT2D eigenvalue weighted by Gasteiger charge is 2.24. The zero-order chi connectivity index (χ0) is 19.6. The van der Waals surface area contributed by atoms with Gasteiger partial charge in [0.15, 0.2) is 0 Å². The lowest BCUT2D eigenvalue weighted by Crippen LogP contribution is -2.42. The van der Waals surface area contributed by atoms with Crippen molar-refractivity contribution in [2.75, 3.05) is 39.4 Å². The fourth-order valence-corrected chi connectivity index (χ4v) is 3.37. The van der Waals surface area contributed by atoms with Crippen molar-refractivity contribution < 1.29 is 14.3 Å². The van der Waals surface area contributed by atoms with Crippen molar-refractivity contribution in [2.24, 2.45) is 5.92 Å². The maximum absolute atomic E-state index is 12.2. The maximum atomic E-state index is 12.2. The molecule has 152 valence electrons. The van der Waals surface area contributed by atoms with E-state index in [-0.39, 0.29) is 17.9 Å². The molecule has 0 saturated carbocycles. The highest BCUT2D eigenvalue weighted by molar-refractivity contribution is 6.34. The first-order valence-corrected chi connectivity index (χ1v) is 10.4. The minimum absolute atomic E-state index is 0.107. The van der Waals surface area contributed by atoms with Crippen LogP contribution >= 0.6 is 23.2 Å². The molecule has 0 bridgehead atoms. The average Bonchev–Trinajstić information content (AvgIpc) is 2.64.